The number of thiazole rings is 1. The van der Waals surface area contributed by atoms with Crippen LogP contribution in [0.15, 0.2) is 77.6 Å². The van der Waals surface area contributed by atoms with Crippen LogP contribution in [-0.2, 0) is 15.0 Å². The number of carbonyl (C=O) groups is 2. The summed E-state index contributed by atoms with van der Waals surface area (Å²) in [6.07, 6.45) is 0. The first-order chi connectivity index (χ1) is 20.1. The second kappa shape index (κ2) is 10.5. The van der Waals surface area contributed by atoms with Crippen molar-refractivity contribution in [3.05, 3.63) is 98.8 Å². The van der Waals surface area contributed by atoms with E-state index in [1.165, 1.54) is 15.0 Å². The van der Waals surface area contributed by atoms with Crippen molar-refractivity contribution in [3.8, 4) is 17.1 Å². The van der Waals surface area contributed by atoms with E-state index >= 15 is 0 Å². The number of carbonyl (C=O) groups excluding carboxylic acids is 2. The van der Waals surface area contributed by atoms with Gasteiger partial charge in [0.2, 0.25) is 10.9 Å². The lowest BCUT2D eigenvalue weighted by atomic mass is 9.87. The Hall–Kier alpha value is -4.83. The number of benzene rings is 3. The maximum atomic E-state index is 13.7. The van der Waals surface area contributed by atoms with E-state index in [2.05, 4.69) is 36.2 Å². The SMILES string of the molecule is CCOc1ccc(NC(=O)CN2C(=O)/C(=c3\sc4nc(-c5ccc(C(C)(C)C)cc5)nn4c3=O)c3ccccc32)cc1. The van der Waals surface area contributed by atoms with Crippen LogP contribution in [-0.4, -0.2) is 39.6 Å². The molecular formula is C32H29N5O4S. The Morgan fingerprint density at radius 3 is 2.36 bits per heavy atom. The van der Waals surface area contributed by atoms with Crippen molar-refractivity contribution < 1.29 is 14.3 Å². The van der Waals surface area contributed by atoms with Gasteiger partial charge in [0.1, 0.15) is 16.8 Å². The molecular weight excluding hydrogens is 550 g/mol. The third kappa shape index (κ3) is 4.94. The standard InChI is InChI=1S/C32H29N5O4S/c1-5-41-22-16-14-21(15-17-22)33-25(38)18-36-24-9-7-6-8-23(24)26(29(36)39)27-30(40)37-31(42-27)34-28(35-37)19-10-12-20(13-11-19)32(2,3)4/h6-17H,5,18H2,1-4H3,(H,33,38)/b27-26-. The van der Waals surface area contributed by atoms with Gasteiger partial charge < -0.3 is 10.1 Å². The van der Waals surface area contributed by atoms with Gasteiger partial charge in [0.05, 0.1) is 17.9 Å². The number of amides is 2. The van der Waals surface area contributed by atoms with Gasteiger partial charge in [-0.1, -0.05) is 74.6 Å². The summed E-state index contributed by atoms with van der Waals surface area (Å²) in [6, 6.07) is 22.2. The molecule has 42 heavy (non-hydrogen) atoms. The quantitative estimate of drug-likeness (QED) is 0.319. The number of aromatic nitrogens is 3. The predicted molar refractivity (Wildman–Crippen MR) is 164 cm³/mol. The van der Waals surface area contributed by atoms with Crippen LogP contribution in [0, 0.1) is 0 Å². The first kappa shape index (κ1) is 27.3. The van der Waals surface area contributed by atoms with Gasteiger partial charge in [0, 0.05) is 16.8 Å². The molecule has 9 nitrogen and oxygen atoms in total. The van der Waals surface area contributed by atoms with Crippen molar-refractivity contribution in [1.82, 2.24) is 14.6 Å². The highest BCUT2D eigenvalue weighted by molar-refractivity contribution is 7.15. The molecule has 2 amide bonds. The van der Waals surface area contributed by atoms with E-state index in [1.807, 2.05) is 31.2 Å². The first-order valence-corrected chi connectivity index (χ1v) is 14.4. The zero-order chi connectivity index (χ0) is 29.6. The third-order valence-electron chi connectivity index (χ3n) is 7.07. The Morgan fingerprint density at radius 2 is 1.69 bits per heavy atom. The third-order valence-corrected chi connectivity index (χ3v) is 8.10. The van der Waals surface area contributed by atoms with E-state index in [1.54, 1.807) is 48.5 Å². The Labute approximate surface area is 246 Å². The molecule has 2 aromatic heterocycles. The van der Waals surface area contributed by atoms with E-state index in [9.17, 15) is 14.4 Å². The molecule has 6 rings (SSSR count). The Bertz CT molecular complexity index is 1940. The monoisotopic (exact) mass is 579 g/mol. The smallest absolute Gasteiger partial charge is 0.291 e. The molecule has 1 aliphatic heterocycles. The normalized spacial score (nSPS) is 14.4. The summed E-state index contributed by atoms with van der Waals surface area (Å²) in [5.41, 5.74) is 3.59. The highest BCUT2D eigenvalue weighted by Gasteiger charge is 2.35. The van der Waals surface area contributed by atoms with E-state index in [-0.39, 0.29) is 28.0 Å². The van der Waals surface area contributed by atoms with Crippen molar-refractivity contribution in [3.63, 3.8) is 0 Å². The van der Waals surface area contributed by atoms with Crippen LogP contribution in [0.2, 0.25) is 0 Å². The number of hydrogen-bond acceptors (Lipinski definition) is 7. The average molecular weight is 580 g/mol. The van der Waals surface area contributed by atoms with Crippen molar-refractivity contribution in [2.75, 3.05) is 23.4 Å². The number of rotatable bonds is 6. The molecule has 1 aliphatic rings. The molecule has 0 unspecified atom stereocenters. The van der Waals surface area contributed by atoms with Crippen molar-refractivity contribution in [1.29, 1.82) is 0 Å². The molecule has 0 spiro atoms. The van der Waals surface area contributed by atoms with Crippen LogP contribution >= 0.6 is 11.3 Å². The molecule has 1 N–H and O–H groups in total. The molecule has 0 aliphatic carbocycles. The van der Waals surface area contributed by atoms with Crippen LogP contribution < -0.4 is 25.0 Å². The molecule has 212 valence electrons. The molecule has 5 aromatic rings. The van der Waals surface area contributed by atoms with Gasteiger partial charge in [-0.25, -0.2) is 0 Å². The molecule has 0 fully saturated rings. The Morgan fingerprint density at radius 1 is 0.976 bits per heavy atom. The maximum Gasteiger partial charge on any atom is 0.291 e. The highest BCUT2D eigenvalue weighted by atomic mass is 32.1. The number of para-hydroxylation sites is 1. The molecule has 3 aromatic carbocycles. The van der Waals surface area contributed by atoms with Crippen LogP contribution in [0.25, 0.3) is 21.9 Å². The summed E-state index contributed by atoms with van der Waals surface area (Å²) in [6.45, 7) is 8.67. The number of nitrogens with one attached hydrogen (secondary N) is 1. The second-order valence-corrected chi connectivity index (χ2v) is 12.0. The topological polar surface area (TPSA) is 106 Å². The summed E-state index contributed by atoms with van der Waals surface area (Å²) < 4.78 is 6.94. The van der Waals surface area contributed by atoms with Gasteiger partial charge >= 0.3 is 0 Å². The molecule has 0 atom stereocenters. The van der Waals surface area contributed by atoms with Gasteiger partial charge in [-0.3, -0.25) is 19.3 Å². The summed E-state index contributed by atoms with van der Waals surface area (Å²) >= 11 is 1.12. The van der Waals surface area contributed by atoms with Crippen molar-refractivity contribution >= 4 is 45.1 Å². The Kier molecular flexibility index (Phi) is 6.86. The van der Waals surface area contributed by atoms with Gasteiger partial charge in [-0.2, -0.15) is 9.50 Å². The maximum absolute atomic E-state index is 13.7. The number of fused-ring (bicyclic) bond motifs is 2. The largest absolute Gasteiger partial charge is 0.494 e. The summed E-state index contributed by atoms with van der Waals surface area (Å²) in [7, 11) is 0. The summed E-state index contributed by atoms with van der Waals surface area (Å²) in [4.78, 5) is 46.6. The van der Waals surface area contributed by atoms with Gasteiger partial charge in [0.25, 0.3) is 11.5 Å². The number of nitrogens with zero attached hydrogens (tertiary/aromatic N) is 4. The lowest BCUT2D eigenvalue weighted by Gasteiger charge is -2.18. The van der Waals surface area contributed by atoms with Crippen molar-refractivity contribution in [2.24, 2.45) is 0 Å². The van der Waals surface area contributed by atoms with Crippen LogP contribution in [0.5, 0.6) is 5.75 Å². The van der Waals surface area contributed by atoms with Gasteiger partial charge in [-0.05, 0) is 48.2 Å². The van der Waals surface area contributed by atoms with Gasteiger partial charge in [0.15, 0.2) is 5.82 Å². The van der Waals surface area contributed by atoms with Crippen LogP contribution in [0.3, 0.4) is 0 Å². The van der Waals surface area contributed by atoms with Gasteiger partial charge in [-0.15, -0.1) is 5.10 Å². The first-order valence-electron chi connectivity index (χ1n) is 13.6. The number of hydrogen-bond donors (Lipinski definition) is 1. The molecule has 0 radical (unpaired) electrons. The molecule has 0 saturated heterocycles. The van der Waals surface area contributed by atoms with E-state index < -0.39 is 11.5 Å². The highest BCUT2D eigenvalue weighted by Crippen LogP contribution is 2.35. The molecule has 0 bridgehead atoms. The minimum absolute atomic E-state index is 0.0166. The van der Waals surface area contributed by atoms with E-state index in [0.29, 0.717) is 40.1 Å². The lowest BCUT2D eigenvalue weighted by molar-refractivity contribution is -0.118. The minimum atomic E-state index is -0.419. The van der Waals surface area contributed by atoms with E-state index in [0.717, 1.165) is 16.9 Å². The lowest BCUT2D eigenvalue weighted by Crippen LogP contribution is -2.37. The van der Waals surface area contributed by atoms with Crippen molar-refractivity contribution in [2.45, 2.75) is 33.1 Å². The number of anilines is 2. The van der Waals surface area contributed by atoms with Crippen LogP contribution in [0.4, 0.5) is 11.4 Å². The second-order valence-electron chi connectivity index (χ2n) is 11.0. The fraction of sp³-hybridized carbons (Fsp3) is 0.219. The fourth-order valence-corrected chi connectivity index (χ4v) is 5.93. The zero-order valence-electron chi connectivity index (χ0n) is 23.7. The average Bonchev–Trinajstić information content (AvgIpc) is 3.60. The number of ether oxygens (including phenoxy) is 1. The minimum Gasteiger partial charge on any atom is -0.494 e. The molecule has 10 heteroatoms. The fourth-order valence-electron chi connectivity index (χ4n) is 4.93. The Balaban J connectivity index is 1.31. The molecule has 3 heterocycles. The predicted octanol–water partition coefficient (Wildman–Crippen LogP) is 4.42. The summed E-state index contributed by atoms with van der Waals surface area (Å²) in [5.74, 6) is 0.364. The summed E-state index contributed by atoms with van der Waals surface area (Å²) in [5, 5.41) is 7.30. The van der Waals surface area contributed by atoms with E-state index in [4.69, 9.17) is 4.74 Å². The zero-order valence-corrected chi connectivity index (χ0v) is 24.5. The molecule has 0 saturated carbocycles. The van der Waals surface area contributed by atoms with Crippen LogP contribution in [0.1, 0.15) is 38.8 Å².